The lowest BCUT2D eigenvalue weighted by molar-refractivity contribution is -0.143. The van der Waals surface area contributed by atoms with Crippen molar-refractivity contribution in [2.45, 2.75) is 130 Å². The molecule has 0 bridgehead atoms. The molecule has 0 N–H and O–H groups in total. The van der Waals surface area contributed by atoms with E-state index < -0.39 is 0 Å². The van der Waals surface area contributed by atoms with Crippen LogP contribution < -0.4 is 0 Å². The van der Waals surface area contributed by atoms with E-state index in [-0.39, 0.29) is 5.97 Å². The maximum Gasteiger partial charge on any atom is 0.305 e. The molecule has 0 saturated carbocycles. The monoisotopic (exact) mass is 406 g/mol. The second kappa shape index (κ2) is 16.5. The molecule has 29 heavy (non-hydrogen) atoms. The van der Waals surface area contributed by atoms with Gasteiger partial charge in [0, 0.05) is 19.3 Å². The Morgan fingerprint density at radius 3 is 1.62 bits per heavy atom. The van der Waals surface area contributed by atoms with E-state index in [0.29, 0.717) is 13.0 Å². The van der Waals surface area contributed by atoms with Gasteiger partial charge in [-0.1, -0.05) is 71.1 Å². The Labute approximate surface area is 180 Å². The Kier molecular flexibility index (Phi) is 14.7. The molecule has 0 unspecified atom stereocenters. The van der Waals surface area contributed by atoms with Gasteiger partial charge in [-0.25, -0.2) is 0 Å². The van der Waals surface area contributed by atoms with Gasteiger partial charge in [0.15, 0.2) is 0 Å². The Morgan fingerprint density at radius 2 is 1.14 bits per heavy atom. The minimum atomic E-state index is -0.0416. The fourth-order valence-electron chi connectivity index (χ4n) is 3.93. The third-order valence-corrected chi connectivity index (χ3v) is 5.99. The van der Waals surface area contributed by atoms with Crippen LogP contribution in [-0.2, 0) is 22.4 Å². The Bertz CT molecular complexity index is 544. The number of aryl methyl sites for hydroxylation is 2. The summed E-state index contributed by atoms with van der Waals surface area (Å²) in [4.78, 5) is 11.3. The Balaban J connectivity index is 1.99. The molecule has 3 nitrogen and oxygen atoms in total. The summed E-state index contributed by atoms with van der Waals surface area (Å²) < 4.78 is 11.1. The maximum atomic E-state index is 11.3. The topological polar surface area (TPSA) is 39.4 Å². The molecule has 0 atom stereocenters. The lowest BCUT2D eigenvalue weighted by Gasteiger charge is -2.03. The first kappa shape index (κ1) is 25.8. The van der Waals surface area contributed by atoms with Crippen molar-refractivity contribution in [1.82, 2.24) is 0 Å². The van der Waals surface area contributed by atoms with Crippen LogP contribution in [0.15, 0.2) is 4.42 Å². The number of carbonyl (C=O) groups is 1. The average molecular weight is 407 g/mol. The van der Waals surface area contributed by atoms with E-state index in [2.05, 4.69) is 20.8 Å². The highest BCUT2D eigenvalue weighted by molar-refractivity contribution is 5.69. The van der Waals surface area contributed by atoms with E-state index in [9.17, 15) is 4.79 Å². The number of ether oxygens (including phenoxy) is 1. The SMILES string of the molecule is CCCCCc1oc(CCCCCCCCCCCCC(=O)OCC)c(C)c1C. The summed E-state index contributed by atoms with van der Waals surface area (Å²) in [6, 6.07) is 0. The Hall–Kier alpha value is -1.25. The van der Waals surface area contributed by atoms with E-state index >= 15 is 0 Å². The van der Waals surface area contributed by atoms with Gasteiger partial charge in [-0.15, -0.1) is 0 Å². The predicted molar refractivity (Wildman–Crippen MR) is 123 cm³/mol. The summed E-state index contributed by atoms with van der Waals surface area (Å²) in [5.41, 5.74) is 2.78. The molecule has 0 saturated heterocycles. The molecule has 3 heteroatoms. The van der Waals surface area contributed by atoms with Gasteiger partial charge in [0.05, 0.1) is 6.61 Å². The van der Waals surface area contributed by atoms with Crippen molar-refractivity contribution in [2.24, 2.45) is 0 Å². The van der Waals surface area contributed by atoms with E-state index in [1.54, 1.807) is 0 Å². The third-order valence-electron chi connectivity index (χ3n) is 5.99. The van der Waals surface area contributed by atoms with Crippen LogP contribution in [0, 0.1) is 13.8 Å². The van der Waals surface area contributed by atoms with Gasteiger partial charge in [0.2, 0.25) is 0 Å². The lowest BCUT2D eigenvalue weighted by Crippen LogP contribution is -2.03. The zero-order chi connectivity index (χ0) is 21.3. The first-order chi connectivity index (χ1) is 14.1. The molecule has 168 valence electrons. The van der Waals surface area contributed by atoms with E-state index in [1.165, 1.54) is 93.3 Å². The molecule has 0 amide bonds. The van der Waals surface area contributed by atoms with Crippen LogP contribution in [0.4, 0.5) is 0 Å². The van der Waals surface area contributed by atoms with Gasteiger partial charge in [-0.05, 0) is 51.2 Å². The minimum absolute atomic E-state index is 0.0416. The van der Waals surface area contributed by atoms with Crippen LogP contribution in [0.5, 0.6) is 0 Å². The van der Waals surface area contributed by atoms with Crippen LogP contribution in [0.3, 0.4) is 0 Å². The zero-order valence-electron chi connectivity index (χ0n) is 19.7. The van der Waals surface area contributed by atoms with Crippen molar-refractivity contribution in [3.8, 4) is 0 Å². The highest BCUT2D eigenvalue weighted by Gasteiger charge is 2.12. The van der Waals surface area contributed by atoms with Crippen LogP contribution in [-0.4, -0.2) is 12.6 Å². The lowest BCUT2D eigenvalue weighted by atomic mass is 10.0. The van der Waals surface area contributed by atoms with Gasteiger partial charge in [-0.2, -0.15) is 0 Å². The number of furan rings is 1. The Morgan fingerprint density at radius 1 is 0.690 bits per heavy atom. The molecule has 0 aliphatic heterocycles. The summed E-state index contributed by atoms with van der Waals surface area (Å²) in [7, 11) is 0. The van der Waals surface area contributed by atoms with Gasteiger partial charge < -0.3 is 9.15 Å². The fourth-order valence-corrected chi connectivity index (χ4v) is 3.93. The highest BCUT2D eigenvalue weighted by Crippen LogP contribution is 2.25. The van der Waals surface area contributed by atoms with Crippen LogP contribution in [0.1, 0.15) is 126 Å². The highest BCUT2D eigenvalue weighted by atomic mass is 16.5. The van der Waals surface area contributed by atoms with Crippen molar-refractivity contribution in [3.05, 3.63) is 22.6 Å². The molecule has 1 aromatic heterocycles. The molecule has 0 spiro atoms. The van der Waals surface area contributed by atoms with E-state index in [4.69, 9.17) is 9.15 Å². The smallest absolute Gasteiger partial charge is 0.305 e. The predicted octanol–water partition coefficient (Wildman–Crippen LogP) is 8.03. The molecule has 1 heterocycles. The second-order valence-corrected chi connectivity index (χ2v) is 8.50. The van der Waals surface area contributed by atoms with Crippen molar-refractivity contribution in [3.63, 3.8) is 0 Å². The summed E-state index contributed by atoms with van der Waals surface area (Å²) in [5.74, 6) is 2.42. The molecule has 0 aliphatic carbocycles. The number of hydrogen-bond donors (Lipinski definition) is 0. The molecule has 0 fully saturated rings. The van der Waals surface area contributed by atoms with E-state index in [0.717, 1.165) is 25.7 Å². The first-order valence-corrected chi connectivity index (χ1v) is 12.3. The number of carbonyl (C=O) groups excluding carboxylic acids is 1. The fraction of sp³-hybridized carbons (Fsp3) is 0.808. The quantitative estimate of drug-likeness (QED) is 0.183. The van der Waals surface area contributed by atoms with Gasteiger partial charge in [0.25, 0.3) is 0 Å². The number of esters is 1. The third kappa shape index (κ3) is 11.5. The van der Waals surface area contributed by atoms with Gasteiger partial charge in [0.1, 0.15) is 11.5 Å². The van der Waals surface area contributed by atoms with Crippen molar-refractivity contribution in [1.29, 1.82) is 0 Å². The molecular weight excluding hydrogens is 360 g/mol. The number of rotatable bonds is 18. The van der Waals surface area contributed by atoms with Gasteiger partial charge >= 0.3 is 5.97 Å². The number of unbranched alkanes of at least 4 members (excludes halogenated alkanes) is 11. The molecule has 1 rings (SSSR count). The summed E-state index contributed by atoms with van der Waals surface area (Å²) in [6.45, 7) is 9.06. The molecule has 0 aromatic carbocycles. The van der Waals surface area contributed by atoms with Crippen molar-refractivity contribution >= 4 is 5.97 Å². The summed E-state index contributed by atoms with van der Waals surface area (Å²) in [6.07, 6.45) is 19.2. The molecule has 1 aromatic rings. The average Bonchev–Trinajstić information content (AvgIpc) is 2.97. The summed E-state index contributed by atoms with van der Waals surface area (Å²) >= 11 is 0. The van der Waals surface area contributed by atoms with Crippen LogP contribution >= 0.6 is 0 Å². The first-order valence-electron chi connectivity index (χ1n) is 12.3. The minimum Gasteiger partial charge on any atom is -0.466 e. The maximum absolute atomic E-state index is 11.3. The van der Waals surface area contributed by atoms with Crippen molar-refractivity contribution in [2.75, 3.05) is 6.61 Å². The van der Waals surface area contributed by atoms with Gasteiger partial charge in [-0.3, -0.25) is 4.79 Å². The van der Waals surface area contributed by atoms with E-state index in [1.807, 2.05) is 6.92 Å². The van der Waals surface area contributed by atoms with Crippen molar-refractivity contribution < 1.29 is 13.9 Å². The summed E-state index contributed by atoms with van der Waals surface area (Å²) in [5, 5.41) is 0. The van der Waals surface area contributed by atoms with Crippen LogP contribution in [0.25, 0.3) is 0 Å². The largest absolute Gasteiger partial charge is 0.466 e. The number of hydrogen-bond acceptors (Lipinski definition) is 3. The normalized spacial score (nSPS) is 11.2. The molecular formula is C26H46O3. The zero-order valence-corrected chi connectivity index (χ0v) is 19.7. The van der Waals surface area contributed by atoms with Crippen LogP contribution in [0.2, 0.25) is 0 Å². The standard InChI is InChI=1S/C26H46O3/c1-5-7-16-19-24-22(3)23(4)25(29-24)20-17-14-12-10-8-9-11-13-15-18-21-26(27)28-6-2/h5-21H2,1-4H3. The molecule has 0 radical (unpaired) electrons. The molecule has 0 aliphatic rings. The second-order valence-electron chi connectivity index (χ2n) is 8.50.